The summed E-state index contributed by atoms with van der Waals surface area (Å²) >= 11 is 5.53. The molecule has 0 bridgehead atoms. The van der Waals surface area contributed by atoms with Gasteiger partial charge in [0.1, 0.15) is 5.15 Å². The second kappa shape index (κ2) is 5.27. The van der Waals surface area contributed by atoms with Gasteiger partial charge in [-0.15, -0.1) is 0 Å². The SMILES string of the molecule is FC(F)(F)c1cc(Cl)nc(NCC2CCCO2)n1. The zero-order valence-electron chi connectivity index (χ0n) is 9.30. The molecule has 0 aliphatic carbocycles. The lowest BCUT2D eigenvalue weighted by molar-refractivity contribution is -0.141. The quantitative estimate of drug-likeness (QED) is 0.866. The Labute approximate surface area is 107 Å². The van der Waals surface area contributed by atoms with E-state index in [9.17, 15) is 13.2 Å². The molecule has 100 valence electrons. The first-order chi connectivity index (χ1) is 8.45. The fraction of sp³-hybridized carbons (Fsp3) is 0.600. The fourth-order valence-electron chi connectivity index (χ4n) is 1.65. The van der Waals surface area contributed by atoms with Gasteiger partial charge in [-0.3, -0.25) is 0 Å². The number of ether oxygens (including phenoxy) is 1. The number of hydrogen-bond donors (Lipinski definition) is 1. The molecule has 0 aromatic carbocycles. The van der Waals surface area contributed by atoms with Crippen molar-refractivity contribution < 1.29 is 17.9 Å². The predicted octanol–water partition coefficient (Wildman–Crippen LogP) is 2.74. The second-order valence-electron chi connectivity index (χ2n) is 3.91. The number of hydrogen-bond acceptors (Lipinski definition) is 4. The topological polar surface area (TPSA) is 47.0 Å². The Hall–Kier alpha value is -1.08. The van der Waals surface area contributed by atoms with Crippen molar-refractivity contribution in [1.82, 2.24) is 9.97 Å². The lowest BCUT2D eigenvalue weighted by atomic mass is 10.2. The first-order valence-corrected chi connectivity index (χ1v) is 5.80. The molecule has 1 unspecified atom stereocenters. The Morgan fingerprint density at radius 2 is 2.22 bits per heavy atom. The molecule has 0 spiro atoms. The monoisotopic (exact) mass is 281 g/mol. The molecule has 1 N–H and O–H groups in total. The molecule has 1 fully saturated rings. The van der Waals surface area contributed by atoms with E-state index in [1.54, 1.807) is 0 Å². The van der Waals surface area contributed by atoms with Crippen LogP contribution in [0.2, 0.25) is 5.15 Å². The molecule has 0 radical (unpaired) electrons. The third-order valence-corrected chi connectivity index (χ3v) is 2.69. The molecular weight excluding hydrogens is 271 g/mol. The van der Waals surface area contributed by atoms with E-state index in [0.29, 0.717) is 19.2 Å². The molecule has 2 heterocycles. The molecule has 1 saturated heterocycles. The molecule has 0 saturated carbocycles. The summed E-state index contributed by atoms with van der Waals surface area (Å²) in [5.74, 6) is -0.134. The summed E-state index contributed by atoms with van der Waals surface area (Å²) in [5.41, 5.74) is -1.06. The van der Waals surface area contributed by atoms with Crippen LogP contribution in [0.3, 0.4) is 0 Å². The number of halogens is 4. The maximum absolute atomic E-state index is 12.5. The Kier molecular flexibility index (Phi) is 3.91. The smallest absolute Gasteiger partial charge is 0.376 e. The number of anilines is 1. The van der Waals surface area contributed by atoms with Gasteiger partial charge in [-0.05, 0) is 12.8 Å². The number of nitrogens with one attached hydrogen (secondary N) is 1. The van der Waals surface area contributed by atoms with Crippen molar-refractivity contribution in [1.29, 1.82) is 0 Å². The van der Waals surface area contributed by atoms with E-state index < -0.39 is 11.9 Å². The first-order valence-electron chi connectivity index (χ1n) is 5.42. The van der Waals surface area contributed by atoms with Gasteiger partial charge in [0.05, 0.1) is 6.10 Å². The van der Waals surface area contributed by atoms with E-state index in [4.69, 9.17) is 16.3 Å². The lowest BCUT2D eigenvalue weighted by Gasteiger charge is -2.12. The highest BCUT2D eigenvalue weighted by Crippen LogP contribution is 2.29. The van der Waals surface area contributed by atoms with Gasteiger partial charge in [0, 0.05) is 19.2 Å². The zero-order valence-corrected chi connectivity index (χ0v) is 10.1. The largest absolute Gasteiger partial charge is 0.433 e. The summed E-state index contributed by atoms with van der Waals surface area (Å²) < 4.78 is 42.8. The first kappa shape index (κ1) is 13.4. The lowest BCUT2D eigenvalue weighted by Crippen LogP contribution is -2.20. The molecule has 1 aliphatic rings. The zero-order chi connectivity index (χ0) is 13.2. The molecule has 0 amide bonds. The van der Waals surface area contributed by atoms with Crippen molar-refractivity contribution in [3.63, 3.8) is 0 Å². The predicted molar refractivity (Wildman–Crippen MR) is 59.5 cm³/mol. The van der Waals surface area contributed by atoms with Gasteiger partial charge in [-0.25, -0.2) is 9.97 Å². The molecule has 4 nitrogen and oxygen atoms in total. The summed E-state index contributed by atoms with van der Waals surface area (Å²) in [6, 6.07) is 0.693. The summed E-state index contributed by atoms with van der Waals surface area (Å²) in [5, 5.41) is 2.46. The van der Waals surface area contributed by atoms with E-state index in [1.165, 1.54) is 0 Å². The molecule has 2 rings (SSSR count). The molecule has 1 aliphatic heterocycles. The average Bonchev–Trinajstić information content (AvgIpc) is 2.77. The number of aromatic nitrogens is 2. The van der Waals surface area contributed by atoms with Crippen molar-refractivity contribution in [3.05, 3.63) is 16.9 Å². The third kappa shape index (κ3) is 3.46. The standard InChI is InChI=1S/C10H11ClF3N3O/c11-8-4-7(10(12,13)14)16-9(17-8)15-5-6-2-1-3-18-6/h4,6H,1-3,5H2,(H,15,16,17). The summed E-state index contributed by atoms with van der Waals surface area (Å²) in [4.78, 5) is 7.07. The van der Waals surface area contributed by atoms with Crippen LogP contribution in [-0.2, 0) is 10.9 Å². The summed E-state index contributed by atoms with van der Waals surface area (Å²) in [6.45, 7) is 1.05. The van der Waals surface area contributed by atoms with E-state index in [0.717, 1.165) is 12.8 Å². The van der Waals surface area contributed by atoms with Crippen LogP contribution in [0.5, 0.6) is 0 Å². The third-order valence-electron chi connectivity index (χ3n) is 2.50. The maximum Gasteiger partial charge on any atom is 0.433 e. The highest BCUT2D eigenvalue weighted by Gasteiger charge is 2.33. The van der Waals surface area contributed by atoms with Crippen molar-refractivity contribution in [2.75, 3.05) is 18.5 Å². The van der Waals surface area contributed by atoms with E-state index in [1.807, 2.05) is 0 Å². The van der Waals surface area contributed by atoms with E-state index in [-0.39, 0.29) is 17.2 Å². The van der Waals surface area contributed by atoms with E-state index in [2.05, 4.69) is 15.3 Å². The second-order valence-corrected chi connectivity index (χ2v) is 4.30. The Morgan fingerprint density at radius 3 is 2.83 bits per heavy atom. The normalized spacial score (nSPS) is 20.1. The number of rotatable bonds is 3. The molecule has 8 heteroatoms. The van der Waals surface area contributed by atoms with Gasteiger partial charge >= 0.3 is 6.18 Å². The Bertz CT molecular complexity index is 421. The van der Waals surface area contributed by atoms with Crippen LogP contribution in [0, 0.1) is 0 Å². The maximum atomic E-state index is 12.5. The van der Waals surface area contributed by atoms with Crippen molar-refractivity contribution in [2.24, 2.45) is 0 Å². The average molecular weight is 282 g/mol. The van der Waals surface area contributed by atoms with Crippen LogP contribution in [-0.4, -0.2) is 29.2 Å². The van der Waals surface area contributed by atoms with Crippen molar-refractivity contribution in [2.45, 2.75) is 25.1 Å². The van der Waals surface area contributed by atoms with Gasteiger partial charge in [0.25, 0.3) is 0 Å². The summed E-state index contributed by atoms with van der Waals surface area (Å²) in [6.07, 6.45) is -2.72. The number of nitrogens with zero attached hydrogens (tertiary/aromatic N) is 2. The summed E-state index contributed by atoms with van der Waals surface area (Å²) in [7, 11) is 0. The van der Waals surface area contributed by atoms with E-state index >= 15 is 0 Å². The van der Waals surface area contributed by atoms with Gasteiger partial charge in [-0.1, -0.05) is 11.6 Å². The van der Waals surface area contributed by atoms with Gasteiger partial charge in [0.15, 0.2) is 5.69 Å². The minimum absolute atomic E-state index is 0.0121. The molecular formula is C10H11ClF3N3O. The van der Waals surface area contributed by atoms with Crippen LogP contribution in [0.1, 0.15) is 18.5 Å². The highest BCUT2D eigenvalue weighted by atomic mass is 35.5. The van der Waals surface area contributed by atoms with Crippen LogP contribution in [0.25, 0.3) is 0 Å². The van der Waals surface area contributed by atoms with Gasteiger partial charge in [0.2, 0.25) is 5.95 Å². The van der Waals surface area contributed by atoms with Crippen LogP contribution < -0.4 is 5.32 Å². The molecule has 1 aromatic rings. The van der Waals surface area contributed by atoms with Crippen LogP contribution >= 0.6 is 11.6 Å². The minimum atomic E-state index is -4.53. The van der Waals surface area contributed by atoms with Gasteiger partial charge in [-0.2, -0.15) is 13.2 Å². The van der Waals surface area contributed by atoms with Crippen molar-refractivity contribution >= 4 is 17.5 Å². The molecule has 1 aromatic heterocycles. The Balaban J connectivity index is 2.05. The Morgan fingerprint density at radius 1 is 1.44 bits per heavy atom. The molecule has 18 heavy (non-hydrogen) atoms. The van der Waals surface area contributed by atoms with Gasteiger partial charge < -0.3 is 10.1 Å². The fourth-order valence-corrected chi connectivity index (χ4v) is 1.84. The molecule has 1 atom stereocenters. The minimum Gasteiger partial charge on any atom is -0.376 e. The highest BCUT2D eigenvalue weighted by molar-refractivity contribution is 6.29. The number of alkyl halides is 3. The van der Waals surface area contributed by atoms with Crippen LogP contribution in [0.4, 0.5) is 19.1 Å². The van der Waals surface area contributed by atoms with Crippen LogP contribution in [0.15, 0.2) is 6.07 Å². The van der Waals surface area contributed by atoms with Crippen molar-refractivity contribution in [3.8, 4) is 0 Å².